The summed E-state index contributed by atoms with van der Waals surface area (Å²) in [5.74, 6) is -2.27. The summed E-state index contributed by atoms with van der Waals surface area (Å²) in [6.07, 6.45) is 0.162. The summed E-state index contributed by atoms with van der Waals surface area (Å²) in [7, 11) is -3.57. The lowest BCUT2D eigenvalue weighted by Gasteiger charge is -2.24. The minimum absolute atomic E-state index is 0.0452. The van der Waals surface area contributed by atoms with Crippen LogP contribution in [0.15, 0.2) is 47.8 Å². The maximum Gasteiger partial charge on any atom is 0.271 e. The van der Waals surface area contributed by atoms with Gasteiger partial charge in [-0.05, 0) is 48.1 Å². The number of amides is 1. The fourth-order valence-electron chi connectivity index (χ4n) is 3.85. The molecule has 4 N–H and O–H groups in total. The summed E-state index contributed by atoms with van der Waals surface area (Å²) in [6, 6.07) is 10.1. The quantitative estimate of drug-likeness (QED) is 0.237. The average molecular weight is 567 g/mol. The first-order valence-corrected chi connectivity index (χ1v) is 14.8. The summed E-state index contributed by atoms with van der Waals surface area (Å²) >= 11 is 0.952. The lowest BCUT2D eigenvalue weighted by atomic mass is 10.00. The maximum absolute atomic E-state index is 13.8. The van der Waals surface area contributed by atoms with E-state index in [1.54, 1.807) is 6.92 Å². The Labute approximate surface area is 225 Å². The molecule has 0 aliphatic carbocycles. The van der Waals surface area contributed by atoms with Crippen LogP contribution in [0, 0.1) is 11.6 Å². The average Bonchev–Trinajstić information content (AvgIpc) is 3.30. The van der Waals surface area contributed by atoms with Crippen molar-refractivity contribution in [2.45, 2.75) is 51.8 Å². The van der Waals surface area contributed by atoms with Crippen LogP contribution in [0.5, 0.6) is 0 Å². The van der Waals surface area contributed by atoms with Crippen molar-refractivity contribution >= 4 is 32.4 Å². The first-order chi connectivity index (χ1) is 18.1. The van der Waals surface area contributed by atoms with E-state index < -0.39 is 39.7 Å². The molecule has 1 heterocycles. The lowest BCUT2D eigenvalue weighted by molar-refractivity contribution is 0.0826. The number of nitrogens with one attached hydrogen (secondary N) is 3. The highest BCUT2D eigenvalue weighted by atomic mass is 32.2. The fraction of sp³-hybridized carbons (Fsp3) is 0.385. The minimum Gasteiger partial charge on any atom is -0.390 e. The number of rotatable bonds is 14. The number of hydrogen-bond donors (Lipinski definition) is 4. The van der Waals surface area contributed by atoms with Gasteiger partial charge in [0, 0.05) is 24.5 Å². The van der Waals surface area contributed by atoms with Gasteiger partial charge in [-0.15, -0.1) is 11.3 Å². The Bertz CT molecular complexity index is 1310. The predicted octanol–water partition coefficient (Wildman–Crippen LogP) is 3.63. The van der Waals surface area contributed by atoms with E-state index in [1.165, 1.54) is 10.9 Å². The Morgan fingerprint density at radius 2 is 1.79 bits per heavy atom. The van der Waals surface area contributed by atoms with Gasteiger partial charge in [-0.1, -0.05) is 38.1 Å². The van der Waals surface area contributed by atoms with E-state index in [2.05, 4.69) is 33.3 Å². The van der Waals surface area contributed by atoms with Crippen LogP contribution in [0.3, 0.4) is 0 Å². The van der Waals surface area contributed by atoms with Crippen molar-refractivity contribution in [1.82, 2.24) is 15.6 Å². The molecule has 0 aliphatic heterocycles. The van der Waals surface area contributed by atoms with Gasteiger partial charge in [-0.2, -0.15) is 0 Å². The molecule has 0 fully saturated rings. The van der Waals surface area contributed by atoms with Crippen molar-refractivity contribution in [3.05, 3.63) is 81.9 Å². The molecule has 38 heavy (non-hydrogen) atoms. The van der Waals surface area contributed by atoms with E-state index in [0.717, 1.165) is 41.5 Å². The minimum atomic E-state index is -3.57. The summed E-state index contributed by atoms with van der Waals surface area (Å²) in [5.41, 5.74) is 2.43. The number of aliphatic hydroxyl groups is 1. The molecule has 8 nitrogen and oxygen atoms in total. The monoisotopic (exact) mass is 566 g/mol. The predicted molar refractivity (Wildman–Crippen MR) is 145 cm³/mol. The van der Waals surface area contributed by atoms with Crippen LogP contribution in [-0.4, -0.2) is 48.9 Å². The highest BCUT2D eigenvalue weighted by Gasteiger charge is 2.24. The number of aliphatic hydroxyl groups excluding tert-OH is 1. The van der Waals surface area contributed by atoms with E-state index in [4.69, 9.17) is 0 Å². The van der Waals surface area contributed by atoms with Crippen molar-refractivity contribution in [1.29, 1.82) is 0 Å². The molecule has 2 atom stereocenters. The smallest absolute Gasteiger partial charge is 0.271 e. The third-order valence-electron chi connectivity index (χ3n) is 5.69. The standard InChI is InChI=1S/C26H32F2N4O4S2/c1-3-8-38(35,36)32-26-31-23(16-37-26)25(34)30-22(12-19-10-20(27)13-21(28)11-19)24(33)15-29-14-18-7-5-6-17(4-2)9-18/h5-7,9-11,13,16,22,24,29,33H,3-4,8,12,14-15H2,1-2H3,(H,30,34)(H,31,32). The number of nitrogens with zero attached hydrogens (tertiary/aromatic N) is 1. The fourth-order valence-corrected chi connectivity index (χ4v) is 5.91. The zero-order valence-electron chi connectivity index (χ0n) is 21.2. The van der Waals surface area contributed by atoms with E-state index in [9.17, 15) is 27.1 Å². The molecule has 3 rings (SSSR count). The van der Waals surface area contributed by atoms with Crippen molar-refractivity contribution in [2.75, 3.05) is 17.0 Å². The van der Waals surface area contributed by atoms with Gasteiger partial charge >= 0.3 is 0 Å². The van der Waals surface area contributed by atoms with E-state index in [0.29, 0.717) is 13.0 Å². The summed E-state index contributed by atoms with van der Waals surface area (Å²) in [4.78, 5) is 17.0. The van der Waals surface area contributed by atoms with Gasteiger partial charge in [0.1, 0.15) is 17.3 Å². The van der Waals surface area contributed by atoms with Gasteiger partial charge in [-0.3, -0.25) is 9.52 Å². The number of sulfonamides is 1. The second-order valence-electron chi connectivity index (χ2n) is 8.89. The van der Waals surface area contributed by atoms with Crippen LogP contribution in [0.1, 0.15) is 47.4 Å². The summed E-state index contributed by atoms with van der Waals surface area (Å²) < 4.78 is 53.9. The highest BCUT2D eigenvalue weighted by molar-refractivity contribution is 7.92. The van der Waals surface area contributed by atoms with Crippen molar-refractivity contribution in [3.63, 3.8) is 0 Å². The Kier molecular flexibility index (Phi) is 10.7. The van der Waals surface area contributed by atoms with Crippen LogP contribution in [0.2, 0.25) is 0 Å². The molecule has 1 amide bonds. The topological polar surface area (TPSA) is 120 Å². The molecule has 3 aromatic rings. The zero-order valence-corrected chi connectivity index (χ0v) is 22.8. The van der Waals surface area contributed by atoms with Crippen LogP contribution in [0.25, 0.3) is 0 Å². The maximum atomic E-state index is 13.8. The molecule has 0 bridgehead atoms. The molecule has 0 spiro atoms. The normalized spacial score (nSPS) is 13.2. The Balaban J connectivity index is 1.71. The number of thiazole rings is 1. The molecular weight excluding hydrogens is 534 g/mol. The number of benzene rings is 2. The number of anilines is 1. The van der Waals surface area contributed by atoms with Gasteiger partial charge < -0.3 is 15.7 Å². The first-order valence-electron chi connectivity index (χ1n) is 12.3. The number of halogens is 2. The molecule has 1 aromatic heterocycles. The number of carbonyl (C=O) groups excluding carboxylic acids is 1. The van der Waals surface area contributed by atoms with Crippen molar-refractivity contribution in [2.24, 2.45) is 0 Å². The second-order valence-corrected chi connectivity index (χ2v) is 11.6. The molecule has 2 aromatic carbocycles. The molecule has 206 valence electrons. The molecule has 0 aliphatic rings. The first kappa shape index (κ1) is 29.6. The number of hydrogen-bond acceptors (Lipinski definition) is 7. The summed E-state index contributed by atoms with van der Waals surface area (Å²) in [5, 5.41) is 18.2. The largest absolute Gasteiger partial charge is 0.390 e. The van der Waals surface area contributed by atoms with Gasteiger partial charge in [0.25, 0.3) is 5.91 Å². The number of aromatic nitrogens is 1. The van der Waals surface area contributed by atoms with Crippen molar-refractivity contribution < 1.29 is 27.1 Å². The van der Waals surface area contributed by atoms with Crippen molar-refractivity contribution in [3.8, 4) is 0 Å². The van der Waals surface area contributed by atoms with Crippen LogP contribution >= 0.6 is 11.3 Å². The molecule has 0 radical (unpaired) electrons. The molecule has 12 heteroatoms. The molecular formula is C26H32F2N4O4S2. The van der Waals surface area contributed by atoms with Gasteiger partial charge in [0.2, 0.25) is 10.0 Å². The van der Waals surface area contributed by atoms with Gasteiger partial charge in [-0.25, -0.2) is 22.2 Å². The molecule has 0 saturated carbocycles. The zero-order chi connectivity index (χ0) is 27.7. The third-order valence-corrected chi connectivity index (χ3v) is 8.03. The van der Waals surface area contributed by atoms with E-state index >= 15 is 0 Å². The van der Waals surface area contributed by atoms with Crippen LogP contribution < -0.4 is 15.4 Å². The molecule has 0 saturated heterocycles. The Morgan fingerprint density at radius 3 is 2.47 bits per heavy atom. The van der Waals surface area contributed by atoms with E-state index in [1.807, 2.05) is 18.2 Å². The molecule has 2 unspecified atom stereocenters. The SMILES string of the molecule is CCCS(=O)(=O)Nc1nc(C(=O)NC(Cc2cc(F)cc(F)c2)C(O)CNCc2cccc(CC)c2)cs1. The Morgan fingerprint density at radius 1 is 1.08 bits per heavy atom. The lowest BCUT2D eigenvalue weighted by Crippen LogP contribution is -2.48. The number of carbonyl (C=O) groups is 1. The third kappa shape index (κ3) is 9.12. The van der Waals surface area contributed by atoms with Gasteiger partial charge in [0.05, 0.1) is 17.9 Å². The number of aryl methyl sites for hydroxylation is 1. The summed E-state index contributed by atoms with van der Waals surface area (Å²) in [6.45, 7) is 4.36. The Hall–Kier alpha value is -2.93. The van der Waals surface area contributed by atoms with Gasteiger partial charge in [0.15, 0.2) is 5.13 Å². The second kappa shape index (κ2) is 13.7. The van der Waals surface area contributed by atoms with Crippen LogP contribution in [0.4, 0.5) is 13.9 Å². The van der Waals surface area contributed by atoms with Crippen LogP contribution in [-0.2, 0) is 29.4 Å². The van der Waals surface area contributed by atoms with E-state index in [-0.39, 0.29) is 35.1 Å². The highest BCUT2D eigenvalue weighted by Crippen LogP contribution is 2.18.